The molecule has 52 heavy (non-hydrogen) atoms. The molecule has 0 amide bonds. The summed E-state index contributed by atoms with van der Waals surface area (Å²) in [6.45, 7) is 8.95. The maximum absolute atomic E-state index is 13.0. The average Bonchev–Trinajstić information content (AvgIpc) is 3.29. The van der Waals surface area contributed by atoms with Gasteiger partial charge in [-0.25, -0.2) is 14.4 Å². The Morgan fingerprint density at radius 3 is 1.90 bits per heavy atom. The third kappa shape index (κ3) is 9.59. The van der Waals surface area contributed by atoms with Crippen LogP contribution in [0.15, 0.2) is 42.5 Å². The zero-order valence-corrected chi connectivity index (χ0v) is 30.8. The van der Waals surface area contributed by atoms with Crippen molar-refractivity contribution in [3.63, 3.8) is 0 Å². The first-order valence-electron chi connectivity index (χ1n) is 18.7. The summed E-state index contributed by atoms with van der Waals surface area (Å²) in [5, 5.41) is 54.0. The minimum Gasteiger partial charge on any atom is -0.479 e. The second-order valence-corrected chi connectivity index (χ2v) is 14.3. The number of esters is 1. The van der Waals surface area contributed by atoms with E-state index in [0.29, 0.717) is 18.4 Å². The molecule has 4 unspecified atom stereocenters. The summed E-state index contributed by atoms with van der Waals surface area (Å²) in [6, 6.07) is 9.43. The van der Waals surface area contributed by atoms with Gasteiger partial charge in [0.2, 0.25) is 17.3 Å². The molecule has 2 bridgehead atoms. The van der Waals surface area contributed by atoms with Crippen LogP contribution >= 0.6 is 0 Å². The number of fused-ring (bicyclic) bond motifs is 2. The summed E-state index contributed by atoms with van der Waals surface area (Å²) < 4.78 is 22.8. The monoisotopic (exact) mass is 734 g/mol. The maximum Gasteiger partial charge on any atom is 0.343 e. The van der Waals surface area contributed by atoms with Gasteiger partial charge in [-0.15, -0.1) is 0 Å². The molecular formula is C39H58O13. The number of ether oxygens (including phenoxy) is 4. The van der Waals surface area contributed by atoms with E-state index in [1.165, 1.54) is 45.4 Å². The molecule has 3 rings (SSSR count). The van der Waals surface area contributed by atoms with Crippen LogP contribution in [0.5, 0.6) is 0 Å². The maximum atomic E-state index is 13.0. The predicted molar refractivity (Wildman–Crippen MR) is 189 cm³/mol. The molecule has 13 heteroatoms. The van der Waals surface area contributed by atoms with Crippen LogP contribution in [0.4, 0.5) is 0 Å². The first-order valence-corrected chi connectivity index (χ1v) is 18.7. The van der Waals surface area contributed by atoms with Gasteiger partial charge in [0, 0.05) is 25.9 Å². The van der Waals surface area contributed by atoms with E-state index in [9.17, 15) is 44.7 Å². The molecule has 13 nitrogen and oxygen atoms in total. The first kappa shape index (κ1) is 43.0. The number of rotatable bonds is 25. The highest BCUT2D eigenvalue weighted by atomic mass is 16.8. The lowest BCUT2D eigenvalue weighted by molar-refractivity contribution is -0.380. The van der Waals surface area contributed by atoms with E-state index < -0.39 is 71.7 Å². The summed E-state index contributed by atoms with van der Waals surface area (Å²) in [7, 11) is 0. The van der Waals surface area contributed by atoms with Crippen LogP contribution in [-0.2, 0) is 44.5 Å². The van der Waals surface area contributed by atoms with Gasteiger partial charge in [0.15, 0.2) is 5.79 Å². The zero-order valence-electron chi connectivity index (χ0n) is 30.8. The molecule has 0 radical (unpaired) electrons. The number of carbonyl (C=O) groups excluding carboxylic acids is 1. The number of aliphatic carboxylic acids is 3. The molecule has 1 aromatic carbocycles. The predicted octanol–water partition coefficient (Wildman–Crippen LogP) is 5.43. The van der Waals surface area contributed by atoms with Crippen LogP contribution in [0.3, 0.4) is 0 Å². The highest BCUT2D eigenvalue weighted by Gasteiger charge is 2.85. The number of carbonyl (C=O) groups is 4. The summed E-state index contributed by atoms with van der Waals surface area (Å²) in [5.41, 5.74) is -5.26. The van der Waals surface area contributed by atoms with Crippen LogP contribution < -0.4 is 0 Å². The highest BCUT2D eigenvalue weighted by molar-refractivity contribution is 5.98. The molecule has 0 aliphatic carbocycles. The van der Waals surface area contributed by atoms with Crippen molar-refractivity contribution in [2.75, 3.05) is 6.61 Å². The van der Waals surface area contributed by atoms with E-state index in [0.717, 1.165) is 31.2 Å². The van der Waals surface area contributed by atoms with E-state index in [2.05, 4.69) is 13.5 Å². The minimum absolute atomic E-state index is 0.150. The molecule has 0 saturated carbocycles. The number of carboxylic acid groups (broad SMARTS) is 3. The van der Waals surface area contributed by atoms with E-state index in [-0.39, 0.29) is 25.4 Å². The average molecular weight is 735 g/mol. The summed E-state index contributed by atoms with van der Waals surface area (Å²) in [4.78, 5) is 50.8. The van der Waals surface area contributed by atoms with Crippen LogP contribution in [0, 0.1) is 5.92 Å². The van der Waals surface area contributed by atoms with E-state index >= 15 is 0 Å². The van der Waals surface area contributed by atoms with Crippen molar-refractivity contribution in [1.29, 1.82) is 0 Å². The van der Waals surface area contributed by atoms with Crippen LogP contribution in [0.1, 0.15) is 116 Å². The topological polar surface area (TPSA) is 206 Å². The molecule has 1 aromatic rings. The standard InChI is InChI=1S/C39H58O13/c1-5-6-7-8-9-10-11-12-13-14-15-19-24-49-39(36(47)48)33(34(43)44)51-37(31(41)32(42)38(39,52-37)35(45)46)23-22-26(2)30(50-28(4)40)27(3)25-29-20-17-16-18-21-29/h16-18,20-21,27,30-33,41-42H,2,5-15,19,22-25H2,1,3-4H3,(H,43,44)(H,45,46)(H,47,48)/t27-,30-,31-,32-,33?,37?,38?,39?/m1/s1. The Labute approximate surface area is 306 Å². The van der Waals surface area contributed by atoms with Crippen molar-refractivity contribution in [2.24, 2.45) is 5.92 Å². The van der Waals surface area contributed by atoms with Gasteiger partial charge < -0.3 is 44.5 Å². The Kier molecular flexibility index (Phi) is 16.3. The molecule has 8 atom stereocenters. The van der Waals surface area contributed by atoms with Crippen molar-refractivity contribution >= 4 is 23.9 Å². The Bertz CT molecular complexity index is 1350. The van der Waals surface area contributed by atoms with Crippen molar-refractivity contribution in [1.82, 2.24) is 0 Å². The summed E-state index contributed by atoms with van der Waals surface area (Å²) in [5.74, 6) is -9.34. The lowest BCUT2D eigenvalue weighted by Crippen LogP contribution is -2.78. The zero-order chi connectivity index (χ0) is 38.5. The molecule has 5 N–H and O–H groups in total. The van der Waals surface area contributed by atoms with Crippen molar-refractivity contribution in [2.45, 2.75) is 158 Å². The van der Waals surface area contributed by atoms with Gasteiger partial charge >= 0.3 is 23.9 Å². The smallest absolute Gasteiger partial charge is 0.343 e. The molecule has 2 aliphatic heterocycles. The molecule has 0 spiro atoms. The number of carboxylic acids is 3. The number of hydrogen-bond donors (Lipinski definition) is 5. The Morgan fingerprint density at radius 1 is 0.846 bits per heavy atom. The van der Waals surface area contributed by atoms with Gasteiger partial charge in [-0.2, -0.15) is 0 Å². The lowest BCUT2D eigenvalue weighted by Gasteiger charge is -2.50. The summed E-state index contributed by atoms with van der Waals surface area (Å²) in [6.07, 6.45) is 4.01. The van der Waals surface area contributed by atoms with Gasteiger partial charge in [-0.05, 0) is 30.4 Å². The fraction of sp³-hybridized carbons (Fsp3) is 0.692. The van der Waals surface area contributed by atoms with Crippen molar-refractivity contribution < 1.29 is 63.7 Å². The minimum atomic E-state index is -3.27. The van der Waals surface area contributed by atoms with Crippen molar-refractivity contribution in [3.8, 4) is 0 Å². The van der Waals surface area contributed by atoms with Gasteiger partial charge in [-0.1, -0.05) is 121 Å². The molecule has 0 aromatic heterocycles. The normalized spacial score (nSPS) is 27.8. The van der Waals surface area contributed by atoms with Gasteiger partial charge in [0.1, 0.15) is 18.3 Å². The number of benzene rings is 1. The van der Waals surface area contributed by atoms with Gasteiger partial charge in [0.25, 0.3) is 0 Å². The lowest BCUT2D eigenvalue weighted by atomic mass is 9.74. The van der Waals surface area contributed by atoms with Crippen LogP contribution in [0.2, 0.25) is 0 Å². The summed E-state index contributed by atoms with van der Waals surface area (Å²) >= 11 is 0. The number of aliphatic hydroxyl groups excluding tert-OH is 2. The highest BCUT2D eigenvalue weighted by Crippen LogP contribution is 2.56. The molecule has 2 heterocycles. The fourth-order valence-corrected chi connectivity index (χ4v) is 7.58. The fourth-order valence-electron chi connectivity index (χ4n) is 7.58. The van der Waals surface area contributed by atoms with E-state index in [1.807, 2.05) is 37.3 Å². The molecule has 292 valence electrons. The Balaban J connectivity index is 1.75. The Morgan fingerprint density at radius 2 is 1.40 bits per heavy atom. The third-order valence-electron chi connectivity index (χ3n) is 10.3. The van der Waals surface area contributed by atoms with Gasteiger partial charge in [-0.3, -0.25) is 4.79 Å². The van der Waals surface area contributed by atoms with Crippen molar-refractivity contribution in [3.05, 3.63) is 48.0 Å². The SMILES string of the molecule is C=C(CCC12OC(C(=O)O)C(OCCCCCCCCCCCCCC)(C(=O)O)C(C(=O)O)(O1)[C@H](O)[C@H]2O)[C@@H](OC(C)=O)[C@H](C)Cc1ccccc1. The second kappa shape index (κ2) is 19.6. The quantitative estimate of drug-likeness (QED) is 0.0483. The number of hydrogen-bond acceptors (Lipinski definition) is 10. The third-order valence-corrected chi connectivity index (χ3v) is 10.3. The molecule has 2 saturated heterocycles. The second-order valence-electron chi connectivity index (χ2n) is 14.3. The molecular weight excluding hydrogens is 676 g/mol. The van der Waals surface area contributed by atoms with Gasteiger partial charge in [0.05, 0.1) is 0 Å². The van der Waals surface area contributed by atoms with E-state index in [1.54, 1.807) is 0 Å². The Hall–Kier alpha value is -3.36. The first-order chi connectivity index (χ1) is 24.7. The van der Waals surface area contributed by atoms with Crippen LogP contribution in [0.25, 0.3) is 0 Å². The molecule has 2 aliphatic rings. The largest absolute Gasteiger partial charge is 0.479 e. The molecule has 2 fully saturated rings. The van der Waals surface area contributed by atoms with E-state index in [4.69, 9.17) is 18.9 Å². The van der Waals surface area contributed by atoms with Crippen LogP contribution in [-0.4, -0.2) is 97.4 Å². The number of unbranched alkanes of at least 4 members (excludes halogenated alkanes) is 11. The number of aliphatic hydroxyl groups is 2.